The van der Waals surface area contributed by atoms with Crippen LogP contribution in [0, 0.1) is 5.92 Å². The maximum Gasteiger partial charge on any atom is 0.226 e. The van der Waals surface area contributed by atoms with Crippen LogP contribution in [0.2, 0.25) is 5.28 Å². The lowest BCUT2D eigenvalue weighted by Crippen LogP contribution is -2.29. The van der Waals surface area contributed by atoms with Gasteiger partial charge in [-0.15, -0.1) is 11.6 Å². The molecule has 7 heteroatoms. The molecule has 2 aromatic heterocycles. The van der Waals surface area contributed by atoms with Crippen molar-refractivity contribution in [3.63, 3.8) is 0 Å². The first-order valence-electron chi connectivity index (χ1n) is 6.49. The van der Waals surface area contributed by atoms with Gasteiger partial charge in [0.2, 0.25) is 5.28 Å². The Morgan fingerprint density at radius 3 is 2.79 bits per heavy atom. The normalized spacial score (nSPS) is 25.1. The number of nitrogens with zero attached hydrogens (tertiary/aromatic N) is 4. The van der Waals surface area contributed by atoms with E-state index in [1.165, 1.54) is 12.8 Å². The number of imidazole rings is 1. The number of H-pyrrole nitrogens is 1. The summed E-state index contributed by atoms with van der Waals surface area (Å²) < 4.78 is 0. The number of aromatic nitrogens is 4. The molecule has 2 bridgehead atoms. The summed E-state index contributed by atoms with van der Waals surface area (Å²) in [6, 6.07) is 0.604. The third-order valence-electron chi connectivity index (χ3n) is 4.06. The highest BCUT2D eigenvalue weighted by Crippen LogP contribution is 2.44. The first-order valence-corrected chi connectivity index (χ1v) is 7.40. The summed E-state index contributed by atoms with van der Waals surface area (Å²) >= 11 is 11.8. The molecule has 1 N–H and O–H groups in total. The van der Waals surface area contributed by atoms with E-state index in [4.69, 9.17) is 23.2 Å². The van der Waals surface area contributed by atoms with Crippen molar-refractivity contribution in [1.29, 1.82) is 0 Å². The highest BCUT2D eigenvalue weighted by atomic mass is 35.5. The van der Waals surface area contributed by atoms with Gasteiger partial charge in [0, 0.05) is 24.9 Å². The van der Waals surface area contributed by atoms with Crippen molar-refractivity contribution >= 4 is 40.2 Å². The minimum Gasteiger partial charge on any atom is -0.351 e. The second kappa shape index (κ2) is 4.21. The second-order valence-electron chi connectivity index (χ2n) is 5.28. The molecule has 19 heavy (non-hydrogen) atoms. The van der Waals surface area contributed by atoms with E-state index >= 15 is 0 Å². The maximum absolute atomic E-state index is 6.03. The Morgan fingerprint density at radius 1 is 1.26 bits per heavy atom. The average molecular weight is 298 g/mol. The molecule has 0 unspecified atom stereocenters. The molecule has 0 atom stereocenters. The van der Waals surface area contributed by atoms with Crippen LogP contribution in [0.25, 0.3) is 11.2 Å². The van der Waals surface area contributed by atoms with Crippen molar-refractivity contribution in [3.05, 3.63) is 11.1 Å². The quantitative estimate of drug-likeness (QED) is 0.698. The van der Waals surface area contributed by atoms with Crippen LogP contribution in [-0.4, -0.2) is 38.4 Å². The molecule has 100 valence electrons. The Labute approximate surface area is 120 Å². The van der Waals surface area contributed by atoms with Crippen LogP contribution in [0.5, 0.6) is 0 Å². The zero-order chi connectivity index (χ0) is 13.0. The molecule has 0 radical (unpaired) electrons. The van der Waals surface area contributed by atoms with E-state index in [1.54, 1.807) is 0 Å². The van der Waals surface area contributed by atoms with E-state index in [9.17, 15) is 0 Å². The van der Waals surface area contributed by atoms with Crippen LogP contribution < -0.4 is 4.90 Å². The van der Waals surface area contributed by atoms with Gasteiger partial charge in [-0.1, -0.05) is 0 Å². The van der Waals surface area contributed by atoms with Crippen LogP contribution >= 0.6 is 23.2 Å². The largest absolute Gasteiger partial charge is 0.351 e. The van der Waals surface area contributed by atoms with Crippen LogP contribution in [0.3, 0.4) is 0 Å². The Bertz CT molecular complexity index is 634. The summed E-state index contributed by atoms with van der Waals surface area (Å²) in [5.41, 5.74) is 1.52. The number of nitrogens with one attached hydrogen (secondary N) is 1. The standard InChI is InChI=1S/C12H13Cl2N5/c13-2-1-8-15-9-10(16-8)17-12(14)18-11(9)19-5-6-3-7(19)4-6/h6-7H,1-5H2,(H,15,16,17,18). The minimum absolute atomic E-state index is 0.271. The van der Waals surface area contributed by atoms with Crippen molar-refractivity contribution in [1.82, 2.24) is 19.9 Å². The van der Waals surface area contributed by atoms with Gasteiger partial charge in [-0.2, -0.15) is 9.97 Å². The molecular weight excluding hydrogens is 285 g/mol. The number of halogens is 2. The minimum atomic E-state index is 0.271. The fourth-order valence-corrected chi connectivity index (χ4v) is 3.45. The maximum atomic E-state index is 6.03. The number of alkyl halides is 1. The molecule has 0 spiro atoms. The molecule has 5 nitrogen and oxygen atoms in total. The van der Waals surface area contributed by atoms with Crippen molar-refractivity contribution < 1.29 is 0 Å². The Morgan fingerprint density at radius 2 is 2.11 bits per heavy atom. The average Bonchev–Trinajstić information content (AvgIpc) is 2.98. The lowest BCUT2D eigenvalue weighted by molar-refractivity contribution is 0.380. The molecular formula is C12H13Cl2N5. The van der Waals surface area contributed by atoms with Gasteiger partial charge in [-0.3, -0.25) is 0 Å². The Kier molecular flexibility index (Phi) is 2.60. The first kappa shape index (κ1) is 11.7. The Hall–Kier alpha value is -1.07. The van der Waals surface area contributed by atoms with Crippen LogP contribution in [-0.2, 0) is 6.42 Å². The first-order chi connectivity index (χ1) is 9.24. The predicted molar refractivity (Wildman–Crippen MR) is 75.0 cm³/mol. The number of aryl methyl sites for hydroxylation is 1. The molecule has 4 heterocycles. The highest BCUT2D eigenvalue weighted by Gasteiger charge is 2.44. The number of rotatable bonds is 3. The van der Waals surface area contributed by atoms with Crippen molar-refractivity contribution in [2.24, 2.45) is 5.92 Å². The predicted octanol–water partition coefficient (Wildman–Crippen LogP) is 2.39. The van der Waals surface area contributed by atoms with Gasteiger partial charge in [0.15, 0.2) is 17.0 Å². The molecule has 0 aromatic carbocycles. The Balaban J connectivity index is 1.83. The fraction of sp³-hybridized carbons (Fsp3) is 0.583. The molecule has 0 amide bonds. The molecule has 1 aliphatic carbocycles. The van der Waals surface area contributed by atoms with Crippen molar-refractivity contribution in [2.75, 3.05) is 17.3 Å². The van der Waals surface area contributed by atoms with Gasteiger partial charge < -0.3 is 9.88 Å². The zero-order valence-corrected chi connectivity index (χ0v) is 11.7. The third kappa shape index (κ3) is 1.79. The van der Waals surface area contributed by atoms with Crippen molar-refractivity contribution in [2.45, 2.75) is 25.3 Å². The van der Waals surface area contributed by atoms with E-state index < -0.39 is 0 Å². The van der Waals surface area contributed by atoms with Crippen LogP contribution in [0.1, 0.15) is 18.7 Å². The lowest BCUT2D eigenvalue weighted by atomic mass is 9.86. The van der Waals surface area contributed by atoms with Gasteiger partial charge >= 0.3 is 0 Å². The number of fused-ring (bicyclic) bond motifs is 2. The van der Waals surface area contributed by atoms with Crippen molar-refractivity contribution in [3.8, 4) is 0 Å². The summed E-state index contributed by atoms with van der Waals surface area (Å²) in [7, 11) is 0. The topological polar surface area (TPSA) is 57.7 Å². The summed E-state index contributed by atoms with van der Waals surface area (Å²) in [6.45, 7) is 1.06. The smallest absolute Gasteiger partial charge is 0.226 e. The van der Waals surface area contributed by atoms with Gasteiger partial charge in [0.05, 0.1) is 0 Å². The molecule has 1 saturated carbocycles. The van der Waals surface area contributed by atoms with E-state index in [1.807, 2.05) is 0 Å². The summed E-state index contributed by atoms with van der Waals surface area (Å²) in [6.07, 6.45) is 3.23. The number of hydrogen-bond donors (Lipinski definition) is 1. The number of aromatic amines is 1. The van der Waals surface area contributed by atoms with Crippen LogP contribution in [0.15, 0.2) is 0 Å². The summed E-state index contributed by atoms with van der Waals surface area (Å²) in [5, 5.41) is 0.271. The highest BCUT2D eigenvalue weighted by molar-refractivity contribution is 6.28. The van der Waals surface area contributed by atoms with Gasteiger partial charge in [0.25, 0.3) is 0 Å². The number of anilines is 1. The van der Waals surface area contributed by atoms with E-state index in [-0.39, 0.29) is 5.28 Å². The molecule has 2 aromatic rings. The lowest BCUT2D eigenvalue weighted by Gasteiger charge is -2.26. The van der Waals surface area contributed by atoms with Gasteiger partial charge in [-0.25, -0.2) is 4.98 Å². The second-order valence-corrected chi connectivity index (χ2v) is 6.00. The van der Waals surface area contributed by atoms with Gasteiger partial charge in [0.1, 0.15) is 5.82 Å². The molecule has 3 fully saturated rings. The SMILES string of the molecule is ClCCc1nc2c(N3CC4CC3C4)nc(Cl)nc2[nH]1. The molecule has 5 rings (SSSR count). The van der Waals surface area contributed by atoms with E-state index in [2.05, 4.69) is 24.8 Å². The number of hydrogen-bond acceptors (Lipinski definition) is 4. The molecule has 2 saturated heterocycles. The summed E-state index contributed by atoms with van der Waals surface area (Å²) in [4.78, 5) is 18.7. The molecule has 3 aliphatic rings. The zero-order valence-electron chi connectivity index (χ0n) is 10.2. The fourth-order valence-electron chi connectivity index (χ4n) is 3.10. The monoisotopic (exact) mass is 297 g/mol. The van der Waals surface area contributed by atoms with E-state index in [0.29, 0.717) is 24.0 Å². The van der Waals surface area contributed by atoms with Crippen LogP contribution in [0.4, 0.5) is 5.82 Å². The third-order valence-corrected chi connectivity index (χ3v) is 4.42. The van der Waals surface area contributed by atoms with Gasteiger partial charge in [-0.05, 0) is 30.4 Å². The summed E-state index contributed by atoms with van der Waals surface area (Å²) in [5.74, 6) is 3.06. The van der Waals surface area contributed by atoms with E-state index in [0.717, 1.165) is 29.6 Å². The molecule has 2 aliphatic heterocycles.